The first kappa shape index (κ1) is 26.1. The molecule has 9 heteroatoms. The van der Waals surface area contributed by atoms with Crippen molar-refractivity contribution >= 4 is 34.3 Å². The molecule has 0 bridgehead atoms. The fourth-order valence-electron chi connectivity index (χ4n) is 4.02. The van der Waals surface area contributed by atoms with Crippen molar-refractivity contribution in [2.75, 3.05) is 6.54 Å². The molecular weight excluding hydrogens is 488 g/mol. The van der Waals surface area contributed by atoms with E-state index in [2.05, 4.69) is 5.32 Å². The van der Waals surface area contributed by atoms with Crippen molar-refractivity contribution in [2.24, 2.45) is 5.92 Å². The fourth-order valence-corrected chi connectivity index (χ4v) is 4.97. The van der Waals surface area contributed by atoms with Gasteiger partial charge in [-0.3, -0.25) is 24.3 Å². The van der Waals surface area contributed by atoms with Crippen LogP contribution in [0.1, 0.15) is 40.9 Å². The van der Waals surface area contributed by atoms with Gasteiger partial charge in [-0.25, -0.2) is 4.98 Å². The molecule has 4 aromatic rings. The van der Waals surface area contributed by atoms with Crippen LogP contribution in [0.4, 0.5) is 5.69 Å². The van der Waals surface area contributed by atoms with Crippen molar-refractivity contribution in [2.45, 2.75) is 38.6 Å². The molecule has 4 rings (SSSR count). The molecule has 1 N–H and O–H groups in total. The van der Waals surface area contributed by atoms with E-state index in [1.54, 1.807) is 34.9 Å². The summed E-state index contributed by atoms with van der Waals surface area (Å²) < 4.78 is 1.57. The van der Waals surface area contributed by atoms with Gasteiger partial charge in [0.1, 0.15) is 0 Å². The molecule has 0 aliphatic carbocycles. The number of fused-ring (bicyclic) bond motifs is 1. The zero-order chi connectivity index (χ0) is 26.7. The van der Waals surface area contributed by atoms with E-state index in [4.69, 9.17) is 4.98 Å². The largest absolute Gasteiger partial charge is 0.352 e. The molecule has 0 fully saturated rings. The predicted molar refractivity (Wildman–Crippen MR) is 147 cm³/mol. The summed E-state index contributed by atoms with van der Waals surface area (Å²) in [5, 5.41) is 14.9. The summed E-state index contributed by atoms with van der Waals surface area (Å²) >= 11 is 1.31. The molecule has 0 aliphatic rings. The number of carbonyl (C=O) groups is 1. The van der Waals surface area contributed by atoms with Crippen LogP contribution in [0.25, 0.3) is 16.6 Å². The monoisotopic (exact) mass is 516 g/mol. The highest BCUT2D eigenvalue weighted by molar-refractivity contribution is 7.98. The number of non-ortho nitro benzene ring substituents is 1. The normalized spacial score (nSPS) is 11.2. The van der Waals surface area contributed by atoms with E-state index in [1.807, 2.05) is 45.9 Å². The molecule has 190 valence electrons. The van der Waals surface area contributed by atoms with Gasteiger partial charge in [-0.2, -0.15) is 0 Å². The Hall–Kier alpha value is -3.98. The Labute approximate surface area is 218 Å². The minimum Gasteiger partial charge on any atom is -0.352 e. The van der Waals surface area contributed by atoms with Gasteiger partial charge >= 0.3 is 0 Å². The lowest BCUT2D eigenvalue weighted by Crippen LogP contribution is -2.27. The Bertz CT molecular complexity index is 1540. The van der Waals surface area contributed by atoms with Crippen LogP contribution in [-0.2, 0) is 5.75 Å². The molecule has 0 unspecified atom stereocenters. The second-order valence-electron chi connectivity index (χ2n) is 9.43. The van der Waals surface area contributed by atoms with Gasteiger partial charge in [-0.1, -0.05) is 43.8 Å². The van der Waals surface area contributed by atoms with Crippen LogP contribution in [-0.4, -0.2) is 26.9 Å². The third-order valence-corrected chi connectivity index (χ3v) is 6.74. The van der Waals surface area contributed by atoms with Gasteiger partial charge in [0.25, 0.3) is 17.2 Å². The van der Waals surface area contributed by atoms with Crippen molar-refractivity contribution < 1.29 is 9.72 Å². The van der Waals surface area contributed by atoms with Crippen molar-refractivity contribution in [3.05, 3.63) is 103 Å². The summed E-state index contributed by atoms with van der Waals surface area (Å²) in [6, 6.07) is 17.2. The van der Waals surface area contributed by atoms with E-state index >= 15 is 0 Å². The zero-order valence-electron chi connectivity index (χ0n) is 21.1. The molecule has 3 aromatic carbocycles. The number of amides is 1. The Morgan fingerprint density at radius 3 is 2.49 bits per heavy atom. The van der Waals surface area contributed by atoms with Gasteiger partial charge in [-0.05, 0) is 66.8 Å². The minimum absolute atomic E-state index is 0.00771. The first-order chi connectivity index (χ1) is 17.6. The van der Waals surface area contributed by atoms with Gasteiger partial charge in [0, 0.05) is 30.0 Å². The highest BCUT2D eigenvalue weighted by Gasteiger charge is 2.17. The van der Waals surface area contributed by atoms with Crippen LogP contribution in [0.5, 0.6) is 0 Å². The lowest BCUT2D eigenvalue weighted by atomic mass is 10.1. The van der Waals surface area contributed by atoms with Crippen LogP contribution < -0.4 is 10.9 Å². The number of hydrogen-bond donors (Lipinski definition) is 1. The smallest absolute Gasteiger partial charge is 0.269 e. The number of aromatic nitrogens is 2. The molecule has 1 heterocycles. The fraction of sp³-hybridized carbons (Fsp3) is 0.250. The third-order valence-electron chi connectivity index (χ3n) is 5.73. The maximum absolute atomic E-state index is 13.7. The highest BCUT2D eigenvalue weighted by Crippen LogP contribution is 2.27. The summed E-state index contributed by atoms with van der Waals surface area (Å²) in [7, 11) is 0. The van der Waals surface area contributed by atoms with E-state index in [-0.39, 0.29) is 17.2 Å². The van der Waals surface area contributed by atoms with E-state index in [0.29, 0.717) is 45.5 Å². The van der Waals surface area contributed by atoms with Crippen LogP contribution >= 0.6 is 11.8 Å². The number of rotatable bonds is 8. The van der Waals surface area contributed by atoms with Crippen LogP contribution in [0, 0.1) is 29.9 Å². The highest BCUT2D eigenvalue weighted by atomic mass is 32.2. The minimum atomic E-state index is -0.431. The Balaban J connectivity index is 1.81. The van der Waals surface area contributed by atoms with E-state index in [0.717, 1.165) is 16.7 Å². The maximum Gasteiger partial charge on any atom is 0.269 e. The average Bonchev–Trinajstić information content (AvgIpc) is 2.85. The molecule has 0 saturated heterocycles. The predicted octanol–water partition coefficient (Wildman–Crippen LogP) is 5.59. The maximum atomic E-state index is 13.7. The molecule has 0 spiro atoms. The van der Waals surface area contributed by atoms with Crippen LogP contribution in [0.3, 0.4) is 0 Å². The number of hydrogen-bond acceptors (Lipinski definition) is 6. The van der Waals surface area contributed by atoms with Gasteiger partial charge < -0.3 is 5.32 Å². The second kappa shape index (κ2) is 11.0. The van der Waals surface area contributed by atoms with Crippen molar-refractivity contribution in [1.82, 2.24) is 14.9 Å². The third kappa shape index (κ3) is 6.06. The van der Waals surface area contributed by atoms with Crippen molar-refractivity contribution in [3.63, 3.8) is 0 Å². The Kier molecular flexibility index (Phi) is 7.73. The molecule has 0 aliphatic heterocycles. The number of nitro groups is 1. The second-order valence-corrected chi connectivity index (χ2v) is 10.4. The van der Waals surface area contributed by atoms with Crippen molar-refractivity contribution in [1.29, 1.82) is 0 Å². The van der Waals surface area contributed by atoms with Crippen LogP contribution in [0.15, 0.2) is 70.6 Å². The summed E-state index contributed by atoms with van der Waals surface area (Å²) in [6.07, 6.45) is 0. The number of carbonyl (C=O) groups excluding carboxylic acids is 1. The summed E-state index contributed by atoms with van der Waals surface area (Å²) in [6.45, 7) is 8.51. The SMILES string of the molecule is Cc1cc(C)cc(-n2c(SCc3cccc([N+](=O)[O-])c3)nc3cc(C(=O)NCC(C)C)ccc3c2=O)c1. The van der Waals surface area contributed by atoms with E-state index in [1.165, 1.54) is 23.9 Å². The topological polar surface area (TPSA) is 107 Å². The summed E-state index contributed by atoms with van der Waals surface area (Å²) in [5.41, 5.74) is 4.06. The van der Waals surface area contributed by atoms with Crippen LogP contribution in [0.2, 0.25) is 0 Å². The molecule has 1 aromatic heterocycles. The summed E-state index contributed by atoms with van der Waals surface area (Å²) in [4.78, 5) is 41.9. The molecular formula is C28H28N4O4S. The summed E-state index contributed by atoms with van der Waals surface area (Å²) in [5.74, 6) is 0.463. The Morgan fingerprint density at radius 2 is 1.81 bits per heavy atom. The average molecular weight is 517 g/mol. The number of thioether (sulfide) groups is 1. The lowest BCUT2D eigenvalue weighted by molar-refractivity contribution is -0.384. The number of nitro benzene ring substituents is 1. The Morgan fingerprint density at radius 1 is 1.08 bits per heavy atom. The van der Waals surface area contributed by atoms with E-state index in [9.17, 15) is 19.7 Å². The van der Waals surface area contributed by atoms with Gasteiger partial charge in [0.05, 0.1) is 21.5 Å². The number of aryl methyl sites for hydroxylation is 2. The van der Waals surface area contributed by atoms with Crippen molar-refractivity contribution in [3.8, 4) is 5.69 Å². The lowest BCUT2D eigenvalue weighted by Gasteiger charge is -2.15. The molecule has 0 saturated carbocycles. The number of nitrogens with zero attached hydrogens (tertiary/aromatic N) is 3. The first-order valence-electron chi connectivity index (χ1n) is 11.9. The molecule has 37 heavy (non-hydrogen) atoms. The standard InChI is InChI=1S/C28H28N4O4S/c1-17(2)15-29-26(33)21-8-9-24-25(14-21)30-28(37-16-20-6-5-7-22(13-20)32(35)36)31(27(24)34)23-11-18(3)10-19(4)12-23/h5-14,17H,15-16H2,1-4H3,(H,29,33). The molecule has 0 radical (unpaired) electrons. The molecule has 1 amide bonds. The van der Waals surface area contributed by atoms with Gasteiger partial charge in [-0.15, -0.1) is 0 Å². The molecule has 0 atom stereocenters. The zero-order valence-corrected chi connectivity index (χ0v) is 22.0. The first-order valence-corrected chi connectivity index (χ1v) is 12.9. The van der Waals surface area contributed by atoms with E-state index < -0.39 is 4.92 Å². The van der Waals surface area contributed by atoms with Gasteiger partial charge in [0.15, 0.2) is 5.16 Å². The number of benzene rings is 3. The van der Waals surface area contributed by atoms with Gasteiger partial charge in [0.2, 0.25) is 0 Å². The number of nitrogens with one attached hydrogen (secondary N) is 1. The molecule has 8 nitrogen and oxygen atoms in total. The quantitative estimate of drug-likeness (QED) is 0.142.